The first-order valence-corrected chi connectivity index (χ1v) is 11.6. The fourth-order valence-corrected chi connectivity index (χ4v) is 5.55. The molecule has 0 saturated carbocycles. The number of hydrogen-bond acceptors (Lipinski definition) is 3. The van der Waals surface area contributed by atoms with Crippen molar-refractivity contribution < 1.29 is 13.2 Å². The Labute approximate surface area is 178 Å². The van der Waals surface area contributed by atoms with Crippen LogP contribution in [0.2, 0.25) is 5.02 Å². The second-order valence-corrected chi connectivity index (χ2v) is 10.1. The van der Waals surface area contributed by atoms with Gasteiger partial charge < -0.3 is 5.32 Å². The number of benzene rings is 2. The van der Waals surface area contributed by atoms with Crippen molar-refractivity contribution in [1.29, 1.82) is 0 Å². The van der Waals surface area contributed by atoms with Crippen LogP contribution in [0.1, 0.15) is 42.5 Å². The summed E-state index contributed by atoms with van der Waals surface area (Å²) in [6, 6.07) is 12.7. The van der Waals surface area contributed by atoms with Crippen molar-refractivity contribution in [3.8, 4) is 0 Å². The van der Waals surface area contributed by atoms with Crippen LogP contribution < -0.4 is 5.32 Å². The number of nitrogens with one attached hydrogen (secondary N) is 1. The lowest BCUT2D eigenvalue weighted by Crippen LogP contribution is -2.43. The van der Waals surface area contributed by atoms with Gasteiger partial charge in [0.1, 0.15) is 0 Å². The summed E-state index contributed by atoms with van der Waals surface area (Å²) >= 11 is 5.92. The number of nitrogens with zero attached hydrogens (tertiary/aromatic N) is 1. The van der Waals surface area contributed by atoms with E-state index in [0.717, 1.165) is 16.7 Å². The molecule has 0 unspecified atom stereocenters. The van der Waals surface area contributed by atoms with Gasteiger partial charge in [0.15, 0.2) is 0 Å². The minimum Gasteiger partial charge on any atom is -0.349 e. The molecule has 2 aromatic carbocycles. The van der Waals surface area contributed by atoms with Crippen molar-refractivity contribution in [2.45, 2.75) is 44.6 Å². The van der Waals surface area contributed by atoms with E-state index in [2.05, 4.69) is 5.32 Å². The number of carbonyl (C=O) groups is 1. The third-order valence-electron chi connectivity index (χ3n) is 5.51. The van der Waals surface area contributed by atoms with Crippen LogP contribution in [0.3, 0.4) is 0 Å². The van der Waals surface area contributed by atoms with Gasteiger partial charge in [-0.1, -0.05) is 35.9 Å². The highest BCUT2D eigenvalue weighted by Crippen LogP contribution is 2.27. The van der Waals surface area contributed by atoms with Crippen molar-refractivity contribution in [1.82, 2.24) is 9.62 Å². The second-order valence-electron chi connectivity index (χ2n) is 7.73. The van der Waals surface area contributed by atoms with Crippen LogP contribution in [-0.2, 0) is 14.8 Å². The Morgan fingerprint density at radius 2 is 1.72 bits per heavy atom. The highest BCUT2D eigenvalue weighted by Gasteiger charge is 2.33. The van der Waals surface area contributed by atoms with E-state index in [1.165, 1.54) is 4.31 Å². The number of sulfonamides is 1. The summed E-state index contributed by atoms with van der Waals surface area (Å²) in [5.74, 6) is -0.217. The Morgan fingerprint density at radius 3 is 2.34 bits per heavy atom. The molecule has 1 atom stereocenters. The summed E-state index contributed by atoms with van der Waals surface area (Å²) in [6.07, 6.45) is 1.03. The van der Waals surface area contributed by atoms with Crippen molar-refractivity contribution >= 4 is 27.5 Å². The normalized spacial score (nSPS) is 17.1. The smallest absolute Gasteiger partial charge is 0.243 e. The fraction of sp³-hybridized carbons (Fsp3) is 0.409. The molecule has 1 saturated heterocycles. The molecule has 0 aliphatic carbocycles. The van der Waals surface area contributed by atoms with Gasteiger partial charge in [0.25, 0.3) is 0 Å². The van der Waals surface area contributed by atoms with Gasteiger partial charge >= 0.3 is 0 Å². The van der Waals surface area contributed by atoms with Crippen LogP contribution in [0.15, 0.2) is 47.4 Å². The molecule has 1 heterocycles. The molecular formula is C22H27ClN2O3S. The Hall–Kier alpha value is -1.89. The summed E-state index contributed by atoms with van der Waals surface area (Å²) in [4.78, 5) is 13.0. The van der Waals surface area contributed by atoms with Gasteiger partial charge in [0.05, 0.1) is 10.9 Å². The molecule has 0 spiro atoms. The number of rotatable bonds is 5. The molecule has 1 fully saturated rings. The third-order valence-corrected chi connectivity index (χ3v) is 7.81. The van der Waals surface area contributed by atoms with Crippen LogP contribution in [0.25, 0.3) is 0 Å². The number of piperidine rings is 1. The lowest BCUT2D eigenvalue weighted by Gasteiger charge is -2.31. The Morgan fingerprint density at radius 1 is 1.10 bits per heavy atom. The van der Waals surface area contributed by atoms with E-state index in [0.29, 0.717) is 35.8 Å². The predicted octanol–water partition coefficient (Wildman–Crippen LogP) is 4.23. The van der Waals surface area contributed by atoms with Gasteiger partial charge in [-0.25, -0.2) is 8.42 Å². The lowest BCUT2D eigenvalue weighted by atomic mass is 9.96. The Kier molecular flexibility index (Phi) is 6.66. The molecule has 29 heavy (non-hydrogen) atoms. The van der Waals surface area contributed by atoms with Crippen LogP contribution in [0.4, 0.5) is 0 Å². The summed E-state index contributed by atoms with van der Waals surface area (Å²) in [5.41, 5.74) is 2.64. The highest BCUT2D eigenvalue weighted by molar-refractivity contribution is 7.89. The van der Waals surface area contributed by atoms with Gasteiger partial charge in [-0.2, -0.15) is 4.31 Å². The average Bonchev–Trinajstić information content (AvgIpc) is 2.70. The van der Waals surface area contributed by atoms with Crippen LogP contribution in [0, 0.1) is 19.8 Å². The summed E-state index contributed by atoms with van der Waals surface area (Å²) in [7, 11) is -3.55. The van der Waals surface area contributed by atoms with Crippen LogP contribution in [-0.4, -0.2) is 31.7 Å². The highest BCUT2D eigenvalue weighted by atomic mass is 35.5. The zero-order valence-electron chi connectivity index (χ0n) is 17.0. The second kappa shape index (κ2) is 8.86. The minimum absolute atomic E-state index is 0.0313. The molecule has 0 aromatic heterocycles. The van der Waals surface area contributed by atoms with Crippen molar-refractivity contribution in [3.05, 3.63) is 64.2 Å². The van der Waals surface area contributed by atoms with Gasteiger partial charge in [0, 0.05) is 24.0 Å². The minimum atomic E-state index is -3.55. The van der Waals surface area contributed by atoms with Gasteiger partial charge in [-0.15, -0.1) is 0 Å². The van der Waals surface area contributed by atoms with E-state index in [-0.39, 0.29) is 17.9 Å². The monoisotopic (exact) mass is 434 g/mol. The van der Waals surface area contributed by atoms with E-state index in [1.54, 1.807) is 18.2 Å². The summed E-state index contributed by atoms with van der Waals surface area (Å²) in [5, 5.41) is 3.69. The molecular weight excluding hydrogens is 408 g/mol. The van der Waals surface area contributed by atoms with Crippen molar-refractivity contribution in [2.24, 2.45) is 5.92 Å². The molecule has 0 radical (unpaired) electrons. The first-order chi connectivity index (χ1) is 13.7. The van der Waals surface area contributed by atoms with E-state index in [4.69, 9.17) is 11.6 Å². The van der Waals surface area contributed by atoms with Gasteiger partial charge in [0.2, 0.25) is 15.9 Å². The maximum atomic E-state index is 13.0. The number of halogens is 1. The number of amides is 1. The fourth-order valence-electron chi connectivity index (χ4n) is 3.65. The molecule has 156 valence electrons. The Bertz CT molecular complexity index is 982. The van der Waals surface area contributed by atoms with Crippen molar-refractivity contribution in [2.75, 3.05) is 13.1 Å². The average molecular weight is 435 g/mol. The SMILES string of the molecule is Cc1ccc(C)c(S(=O)(=O)N2CCC(C(=O)N[C@@H](C)c3ccc(Cl)cc3)CC2)c1. The third kappa shape index (κ3) is 5.00. The van der Waals surface area contributed by atoms with Crippen LogP contribution in [0.5, 0.6) is 0 Å². The zero-order valence-corrected chi connectivity index (χ0v) is 18.6. The van der Waals surface area contributed by atoms with E-state index in [1.807, 2.05) is 45.0 Å². The van der Waals surface area contributed by atoms with E-state index in [9.17, 15) is 13.2 Å². The summed E-state index contributed by atoms with van der Waals surface area (Å²) < 4.78 is 27.6. The standard InChI is InChI=1S/C22H27ClN2O3S/c1-15-4-5-16(2)21(14-15)29(27,28)25-12-10-19(11-13-25)22(26)24-17(3)18-6-8-20(23)9-7-18/h4-9,14,17,19H,10-13H2,1-3H3,(H,24,26)/t17-/m0/s1. The molecule has 3 rings (SSSR count). The topological polar surface area (TPSA) is 66.5 Å². The van der Waals surface area contributed by atoms with Gasteiger partial charge in [-0.3, -0.25) is 4.79 Å². The van der Waals surface area contributed by atoms with E-state index < -0.39 is 10.0 Å². The zero-order chi connectivity index (χ0) is 21.2. The molecule has 1 N–H and O–H groups in total. The largest absolute Gasteiger partial charge is 0.349 e. The summed E-state index contributed by atoms with van der Waals surface area (Å²) in [6.45, 7) is 6.33. The first kappa shape index (κ1) is 21.8. The molecule has 1 aliphatic rings. The van der Waals surface area contributed by atoms with E-state index >= 15 is 0 Å². The number of carbonyl (C=O) groups excluding carboxylic acids is 1. The molecule has 0 bridgehead atoms. The lowest BCUT2D eigenvalue weighted by molar-refractivity contribution is -0.126. The molecule has 2 aromatic rings. The number of hydrogen-bond donors (Lipinski definition) is 1. The molecule has 1 aliphatic heterocycles. The number of aryl methyl sites for hydroxylation is 2. The quantitative estimate of drug-likeness (QED) is 0.765. The first-order valence-electron chi connectivity index (χ1n) is 9.81. The molecule has 1 amide bonds. The maximum Gasteiger partial charge on any atom is 0.243 e. The Balaban J connectivity index is 1.61. The predicted molar refractivity (Wildman–Crippen MR) is 115 cm³/mol. The molecule has 7 heteroatoms. The molecule has 5 nitrogen and oxygen atoms in total. The van der Waals surface area contributed by atoms with Crippen molar-refractivity contribution in [3.63, 3.8) is 0 Å². The maximum absolute atomic E-state index is 13.0. The van der Waals surface area contributed by atoms with Gasteiger partial charge in [-0.05, 0) is 68.5 Å². The van der Waals surface area contributed by atoms with Crippen LogP contribution >= 0.6 is 11.6 Å².